The summed E-state index contributed by atoms with van der Waals surface area (Å²) in [7, 11) is 2.91. The number of aliphatic hydroxyl groups is 3. The molecule has 136 heavy (non-hydrogen) atoms. The molecule has 0 radical (unpaired) electrons. The number of carboxylic acids is 1. The molecule has 8 heterocycles. The van der Waals surface area contributed by atoms with E-state index >= 15 is 0 Å². The number of aromatic nitrogens is 10. The predicted octanol–water partition coefficient (Wildman–Crippen LogP) is 7.57. The summed E-state index contributed by atoms with van der Waals surface area (Å²) in [6.45, 7) is 10.0. The summed E-state index contributed by atoms with van der Waals surface area (Å²) in [5.74, 6) is 6.91. The van der Waals surface area contributed by atoms with E-state index in [1.54, 1.807) is 86.2 Å². The predicted molar refractivity (Wildman–Crippen MR) is 524 cm³/mol. The van der Waals surface area contributed by atoms with E-state index in [1.807, 2.05) is 97.1 Å². The first-order valence-electron chi connectivity index (χ1n) is 42.2. The molecule has 43 heteroatoms. The number of nitrogens with zero attached hydrogens (tertiary/aromatic N) is 13. The van der Waals surface area contributed by atoms with E-state index in [4.69, 9.17) is 70.5 Å². The molecule has 0 amide bonds. The fourth-order valence-electron chi connectivity index (χ4n) is 12.3. The maximum absolute atomic E-state index is 11.6. The summed E-state index contributed by atoms with van der Waals surface area (Å²) in [4.78, 5) is 89.1. The van der Waals surface area contributed by atoms with Crippen LogP contribution in [0.1, 0.15) is 84.1 Å². The van der Waals surface area contributed by atoms with Gasteiger partial charge in [-0.1, -0.05) is 48.5 Å². The van der Waals surface area contributed by atoms with Crippen LogP contribution in [-0.4, -0.2) is 242 Å². The van der Waals surface area contributed by atoms with Gasteiger partial charge in [0.05, 0.1) is 85.7 Å². The number of benzene rings is 6. The minimum Gasteiger partial charge on any atom is -0.870 e. The van der Waals surface area contributed by atoms with E-state index in [-0.39, 0.29) is 121 Å². The van der Waals surface area contributed by atoms with Crippen LogP contribution in [0.15, 0.2) is 230 Å². The number of aliphatic hydroxyl groups excluding tert-OH is 3. The SMILES string of the molecule is COC(=O)C1CCN(CCOc2ccc(Cc3ncc(Br)cn3)cc2)CC1.COC(=O)C1CCNCC1.Clc1ncc(Br)cn1.Nc1ccc(OCCO)cc1.O=C([O-])C1CCN(CCOc2ccc(Cc3ncc(Br)cn3)cc2)CC1.O=[N+]([O-])c1ccc(OCCO)cc1.OCCOc1ccc(Cc2ncc(Br)cn2)cc1.SCOCCOc1ccc(Cc2ncc(Br)cn2)cc1.[Li+].[Na+].[OH-]. The smallest absolute Gasteiger partial charge is 0.870 e. The third kappa shape index (κ3) is 50.9. The number of ether oxygens (including phenoxy) is 9. The van der Waals surface area contributed by atoms with Gasteiger partial charge in [0.1, 0.15) is 97.4 Å². The summed E-state index contributed by atoms with van der Waals surface area (Å²) in [6.07, 6.45) is 24.8. The van der Waals surface area contributed by atoms with E-state index in [9.17, 15) is 29.6 Å². The van der Waals surface area contributed by atoms with E-state index in [1.165, 1.54) is 38.5 Å². The monoisotopic (exact) mass is 2230 g/mol. The number of nitro benzene ring substituents is 1. The van der Waals surface area contributed by atoms with Crippen molar-refractivity contribution < 1.29 is 136 Å². The number of nitro groups is 1. The van der Waals surface area contributed by atoms with Crippen LogP contribution in [-0.2, 0) is 54.3 Å². The van der Waals surface area contributed by atoms with E-state index < -0.39 is 10.9 Å². The minimum absolute atomic E-state index is 0. The Labute approximate surface area is 877 Å². The molecule has 6 aromatic carbocycles. The van der Waals surface area contributed by atoms with Crippen molar-refractivity contribution in [2.45, 2.75) is 64.2 Å². The van der Waals surface area contributed by atoms with Crippen LogP contribution in [0, 0.1) is 27.9 Å². The first kappa shape index (κ1) is 120. The van der Waals surface area contributed by atoms with Crippen molar-refractivity contribution in [1.29, 1.82) is 0 Å². The van der Waals surface area contributed by atoms with Crippen molar-refractivity contribution >= 4 is 133 Å². The Hall–Kier alpha value is -8.55. The van der Waals surface area contributed by atoms with Crippen LogP contribution < -0.4 is 93.0 Å². The number of hydrogen-bond donors (Lipinski definition) is 6. The fraction of sp³-hybridized carbons (Fsp3) is 0.366. The van der Waals surface area contributed by atoms with Crippen LogP contribution in [0.25, 0.3) is 0 Å². The van der Waals surface area contributed by atoms with Gasteiger partial charge in [0, 0.05) is 130 Å². The van der Waals surface area contributed by atoms with Crippen LogP contribution in [0.2, 0.25) is 5.28 Å². The molecule has 3 fully saturated rings. The number of nitrogens with one attached hydrogen (secondary N) is 1. The Morgan fingerprint density at radius 2 is 0.699 bits per heavy atom. The van der Waals surface area contributed by atoms with Gasteiger partial charge in [0.15, 0.2) is 0 Å². The van der Waals surface area contributed by atoms with Crippen LogP contribution >= 0.6 is 104 Å². The molecule has 0 saturated carbocycles. The Balaban J connectivity index is 0.000000333. The topological polar surface area (TPSA) is 465 Å². The molecular weight excluding hydrogens is 2130 g/mol. The molecule has 0 atom stereocenters. The van der Waals surface area contributed by atoms with Crippen molar-refractivity contribution in [1.82, 2.24) is 65.0 Å². The molecule has 34 nitrogen and oxygen atoms in total. The Bertz CT molecular complexity index is 5050. The molecular formula is C93H109Br5ClLiN15NaO19S. The third-order valence-electron chi connectivity index (χ3n) is 19.3. The molecule has 0 aliphatic carbocycles. The van der Waals surface area contributed by atoms with Crippen molar-refractivity contribution in [3.8, 4) is 34.5 Å². The second-order valence-corrected chi connectivity index (χ2v) is 34.1. The van der Waals surface area contributed by atoms with Crippen LogP contribution in [0.5, 0.6) is 34.5 Å². The Morgan fingerprint density at radius 3 is 0.971 bits per heavy atom. The number of anilines is 1. The summed E-state index contributed by atoms with van der Waals surface area (Å²) < 4.78 is 51.5. The first-order chi connectivity index (χ1) is 64.5. The van der Waals surface area contributed by atoms with Gasteiger partial charge in [0.25, 0.3) is 5.69 Å². The number of rotatable bonds is 34. The molecule has 11 aromatic rings. The van der Waals surface area contributed by atoms with E-state index in [0.29, 0.717) is 95.5 Å². The largest absolute Gasteiger partial charge is 1.00 e. The van der Waals surface area contributed by atoms with Gasteiger partial charge in [-0.3, -0.25) is 29.5 Å². The molecule has 3 aliphatic heterocycles. The summed E-state index contributed by atoms with van der Waals surface area (Å²) in [6, 6.07) is 44.4. The number of carbonyl (C=O) groups excluding carboxylic acids is 3. The normalized spacial score (nSPS) is 12.7. The average Bonchev–Trinajstić information content (AvgIpc) is 0.828. The number of nitrogen functional groups attached to an aromatic ring is 1. The summed E-state index contributed by atoms with van der Waals surface area (Å²) >= 11 is 25.8. The second-order valence-electron chi connectivity index (χ2n) is 29.0. The number of esters is 2. The molecule has 0 unspecified atom stereocenters. The number of thiol groups is 1. The molecule has 0 bridgehead atoms. The molecule has 7 N–H and O–H groups in total. The minimum atomic E-state index is -0.922. The van der Waals surface area contributed by atoms with Crippen LogP contribution in [0.3, 0.4) is 0 Å². The number of carbonyl (C=O) groups is 3. The van der Waals surface area contributed by atoms with Crippen molar-refractivity contribution in [2.24, 2.45) is 17.8 Å². The standard InChI is InChI=1S/C20H24BrN3O3.C19H22BrN3O3.C14H15BrN2O2S.C13H13BrN2O2.C8H9NO4.C8H11NO2.C7H13NO2.C4H2BrClN2.Li.Na.H2O/c1-26-20(25)16-6-8-24(9-7-16)10-11-27-18-4-2-15(3-5-18)12-19-22-13-17(21)14-23-19;20-16-12-21-18(22-13-16)11-14-1-3-17(4-2-14)26-10-9-23-7-5-15(6-8-23)19(24)25;15-12-8-16-14(17-9-12)7-11-1-3-13(4-2-11)19-6-5-18-10-20;14-11-8-15-13(16-9-11)7-10-1-3-12(4-2-10)18-6-5-17;10-5-6-13-8-3-1-7(2-4-8)9(11)12;9-7-1-3-8(4-2-7)11-6-5-10;1-10-7(9)6-2-4-8-5-3-6;5-3-1-7-4(6)8-2-3;;;/h2-5,13-14,16H,6-12H2,1H3;1-4,12-13,15H,5-11H2,(H,24,25);1-4,8-9,20H,5-7,10H2;1-4,8-9,17H,5-7H2;1-4,10H,5-6H2;1-4,10H,5-6,9H2;6,8H,2-5H2,1H3;1-2H;;;1H2/q;;;;;;;;2*+1;/p-2. The first-order valence-corrected chi connectivity index (χ1v) is 47.2. The molecule has 720 valence electrons. The number of methoxy groups -OCH3 is 2. The quantitative estimate of drug-likeness (QED) is 0.00260. The fourth-order valence-corrected chi connectivity index (χ4v) is 13.6. The zero-order chi connectivity index (χ0) is 95.6. The Morgan fingerprint density at radius 1 is 0.434 bits per heavy atom. The molecule has 3 aliphatic rings. The maximum Gasteiger partial charge on any atom is 1.00 e. The number of hydrogen-bond acceptors (Lipinski definition) is 34. The molecule has 14 rings (SSSR count). The van der Waals surface area contributed by atoms with Gasteiger partial charge in [-0.15, -0.1) is 0 Å². The van der Waals surface area contributed by atoms with Crippen molar-refractivity contribution in [3.63, 3.8) is 0 Å². The Kier molecular flexibility index (Phi) is 62.5. The molecule has 0 spiro atoms. The number of aliphatic carboxylic acids is 1. The zero-order valence-corrected chi connectivity index (χ0v) is 87.5. The van der Waals surface area contributed by atoms with E-state index in [2.05, 4.69) is 162 Å². The zero-order valence-electron chi connectivity index (χ0n) is 75.9. The van der Waals surface area contributed by atoms with Gasteiger partial charge in [-0.2, -0.15) is 12.6 Å². The third-order valence-corrected chi connectivity index (χ3v) is 21.7. The van der Waals surface area contributed by atoms with Gasteiger partial charge in [0.2, 0.25) is 5.28 Å². The average molecular weight is 2240 g/mol. The number of nitrogens with two attached hydrogens (primary N) is 1. The van der Waals surface area contributed by atoms with Gasteiger partial charge in [-0.05, 0) is 276 Å². The summed E-state index contributed by atoms with van der Waals surface area (Å²) in [5, 5.41) is 50.1. The number of likely N-dealkylation sites (tertiary alicyclic amines) is 2. The van der Waals surface area contributed by atoms with Gasteiger partial charge < -0.3 is 84.4 Å². The van der Waals surface area contributed by atoms with Crippen molar-refractivity contribution in [3.05, 3.63) is 291 Å². The van der Waals surface area contributed by atoms with Gasteiger partial charge in [-0.25, -0.2) is 49.8 Å². The second kappa shape index (κ2) is 71.0. The number of halogens is 6. The molecule has 3 saturated heterocycles. The number of piperidine rings is 3. The van der Waals surface area contributed by atoms with Crippen LogP contribution in [0.4, 0.5) is 11.4 Å². The number of non-ortho nitro benzene ring substituents is 1. The number of carboxylic acid groups (broad SMARTS) is 1. The molecule has 5 aromatic heterocycles. The van der Waals surface area contributed by atoms with Crippen molar-refractivity contribution in [2.75, 3.05) is 144 Å². The summed E-state index contributed by atoms with van der Waals surface area (Å²) in [5.41, 5.74) is 10.7. The van der Waals surface area contributed by atoms with E-state index in [0.717, 1.165) is 175 Å². The van der Waals surface area contributed by atoms with Gasteiger partial charge >= 0.3 is 60.4 Å². The maximum atomic E-state index is 11.6.